The van der Waals surface area contributed by atoms with E-state index in [2.05, 4.69) is 55.4 Å². The minimum absolute atomic E-state index is 0.330. The molecule has 1 aromatic carbocycles. The molecule has 0 aliphatic carbocycles. The SMILES string of the molecule is CCCNCc1ccc(N(C)C2CCOC2C)cc1. The predicted molar refractivity (Wildman–Crippen MR) is 80.7 cm³/mol. The maximum absolute atomic E-state index is 5.65. The fraction of sp³-hybridized carbons (Fsp3) is 0.625. The summed E-state index contributed by atoms with van der Waals surface area (Å²) in [4.78, 5) is 2.35. The van der Waals surface area contributed by atoms with Crippen molar-refractivity contribution in [1.82, 2.24) is 5.32 Å². The molecule has 19 heavy (non-hydrogen) atoms. The lowest BCUT2D eigenvalue weighted by Crippen LogP contribution is -2.36. The average Bonchev–Trinajstić information content (AvgIpc) is 2.85. The van der Waals surface area contributed by atoms with Crippen LogP contribution in [0, 0.1) is 0 Å². The molecule has 3 heteroatoms. The highest BCUT2D eigenvalue weighted by Gasteiger charge is 2.27. The van der Waals surface area contributed by atoms with E-state index in [0.29, 0.717) is 12.1 Å². The quantitative estimate of drug-likeness (QED) is 0.798. The van der Waals surface area contributed by atoms with E-state index in [0.717, 1.165) is 26.1 Å². The van der Waals surface area contributed by atoms with Crippen molar-refractivity contribution in [2.24, 2.45) is 0 Å². The largest absolute Gasteiger partial charge is 0.376 e. The molecule has 1 N–H and O–H groups in total. The van der Waals surface area contributed by atoms with Gasteiger partial charge in [0.1, 0.15) is 0 Å². The van der Waals surface area contributed by atoms with Crippen LogP contribution in [0.25, 0.3) is 0 Å². The van der Waals surface area contributed by atoms with Gasteiger partial charge in [-0.3, -0.25) is 0 Å². The van der Waals surface area contributed by atoms with Gasteiger partial charge in [0.15, 0.2) is 0 Å². The third kappa shape index (κ3) is 3.71. The van der Waals surface area contributed by atoms with Gasteiger partial charge in [-0.05, 0) is 44.0 Å². The second-order valence-corrected chi connectivity index (χ2v) is 5.39. The van der Waals surface area contributed by atoms with E-state index in [1.54, 1.807) is 0 Å². The molecule has 1 aromatic rings. The van der Waals surface area contributed by atoms with Crippen LogP contribution < -0.4 is 10.2 Å². The monoisotopic (exact) mass is 262 g/mol. The molecule has 1 fully saturated rings. The van der Waals surface area contributed by atoms with E-state index in [1.165, 1.54) is 17.7 Å². The van der Waals surface area contributed by atoms with Gasteiger partial charge in [0.25, 0.3) is 0 Å². The van der Waals surface area contributed by atoms with Gasteiger partial charge >= 0.3 is 0 Å². The van der Waals surface area contributed by atoms with Crippen LogP contribution in [0.2, 0.25) is 0 Å². The zero-order valence-corrected chi connectivity index (χ0v) is 12.4. The molecule has 1 aliphatic rings. The van der Waals surface area contributed by atoms with Crippen LogP contribution in [-0.2, 0) is 11.3 Å². The predicted octanol–water partition coefficient (Wildman–Crippen LogP) is 2.80. The number of ether oxygens (including phenoxy) is 1. The molecule has 3 nitrogen and oxygen atoms in total. The van der Waals surface area contributed by atoms with Gasteiger partial charge in [0, 0.05) is 25.9 Å². The normalized spacial score (nSPS) is 22.7. The summed E-state index contributed by atoms with van der Waals surface area (Å²) >= 11 is 0. The van der Waals surface area contributed by atoms with E-state index in [4.69, 9.17) is 4.74 Å². The maximum atomic E-state index is 5.65. The Balaban J connectivity index is 1.93. The summed E-state index contributed by atoms with van der Waals surface area (Å²) in [7, 11) is 2.17. The lowest BCUT2D eigenvalue weighted by molar-refractivity contribution is 0.118. The number of nitrogens with zero attached hydrogens (tertiary/aromatic N) is 1. The third-order valence-electron chi connectivity index (χ3n) is 3.93. The van der Waals surface area contributed by atoms with E-state index in [1.807, 2.05) is 0 Å². The van der Waals surface area contributed by atoms with Crippen LogP contribution in [-0.4, -0.2) is 32.3 Å². The molecule has 0 spiro atoms. The second kappa shape index (κ2) is 6.92. The van der Waals surface area contributed by atoms with Crippen molar-refractivity contribution in [3.63, 3.8) is 0 Å². The summed E-state index contributed by atoms with van der Waals surface area (Å²) in [6, 6.07) is 9.37. The van der Waals surface area contributed by atoms with Crippen molar-refractivity contribution in [3.05, 3.63) is 29.8 Å². The fourth-order valence-corrected chi connectivity index (χ4v) is 2.68. The average molecular weight is 262 g/mol. The molecule has 0 bridgehead atoms. The Morgan fingerprint density at radius 3 is 2.63 bits per heavy atom. The summed E-state index contributed by atoms with van der Waals surface area (Å²) in [6.07, 6.45) is 2.63. The molecule has 106 valence electrons. The summed E-state index contributed by atoms with van der Waals surface area (Å²) in [5.41, 5.74) is 2.63. The molecule has 0 saturated carbocycles. The zero-order valence-electron chi connectivity index (χ0n) is 12.4. The van der Waals surface area contributed by atoms with Crippen molar-refractivity contribution >= 4 is 5.69 Å². The molecule has 0 aromatic heterocycles. The van der Waals surface area contributed by atoms with Crippen LogP contribution in [0.3, 0.4) is 0 Å². The molecule has 2 unspecified atom stereocenters. The van der Waals surface area contributed by atoms with Crippen molar-refractivity contribution in [1.29, 1.82) is 0 Å². The van der Waals surface area contributed by atoms with E-state index in [-0.39, 0.29) is 0 Å². The topological polar surface area (TPSA) is 24.5 Å². The number of nitrogens with one attached hydrogen (secondary N) is 1. The Morgan fingerprint density at radius 1 is 1.32 bits per heavy atom. The first kappa shape index (κ1) is 14.4. The molecule has 1 aliphatic heterocycles. The highest BCUT2D eigenvalue weighted by molar-refractivity contribution is 5.48. The summed E-state index contributed by atoms with van der Waals surface area (Å²) < 4.78 is 5.65. The Kier molecular flexibility index (Phi) is 5.23. The summed E-state index contributed by atoms with van der Waals surface area (Å²) in [6.45, 7) is 7.28. The number of anilines is 1. The van der Waals surface area contributed by atoms with Crippen LogP contribution in [0.1, 0.15) is 32.3 Å². The first-order chi connectivity index (χ1) is 9.22. The van der Waals surface area contributed by atoms with Gasteiger partial charge in [0.05, 0.1) is 12.1 Å². The Hall–Kier alpha value is -1.06. The van der Waals surface area contributed by atoms with Gasteiger partial charge < -0.3 is 15.0 Å². The van der Waals surface area contributed by atoms with Crippen molar-refractivity contribution < 1.29 is 4.74 Å². The van der Waals surface area contributed by atoms with E-state index >= 15 is 0 Å². The summed E-state index contributed by atoms with van der Waals surface area (Å²) in [5.74, 6) is 0. The summed E-state index contributed by atoms with van der Waals surface area (Å²) in [5, 5.41) is 3.43. The molecule has 2 rings (SSSR count). The van der Waals surface area contributed by atoms with Crippen molar-refractivity contribution in [2.75, 3.05) is 25.1 Å². The first-order valence-corrected chi connectivity index (χ1v) is 7.36. The molecule has 1 heterocycles. The number of benzene rings is 1. The van der Waals surface area contributed by atoms with Crippen LogP contribution >= 0.6 is 0 Å². The molecular weight excluding hydrogens is 236 g/mol. The minimum atomic E-state index is 0.330. The van der Waals surface area contributed by atoms with Crippen molar-refractivity contribution in [3.8, 4) is 0 Å². The number of hydrogen-bond donors (Lipinski definition) is 1. The Bertz CT molecular complexity index is 377. The van der Waals surface area contributed by atoms with Crippen molar-refractivity contribution in [2.45, 2.75) is 45.4 Å². The molecule has 1 saturated heterocycles. The Morgan fingerprint density at radius 2 is 2.05 bits per heavy atom. The third-order valence-corrected chi connectivity index (χ3v) is 3.93. The molecule has 0 amide bonds. The van der Waals surface area contributed by atoms with Gasteiger partial charge in [-0.15, -0.1) is 0 Å². The molecular formula is C16H26N2O. The van der Waals surface area contributed by atoms with E-state index in [9.17, 15) is 0 Å². The lowest BCUT2D eigenvalue weighted by atomic mass is 10.1. The highest BCUT2D eigenvalue weighted by Crippen LogP contribution is 2.24. The van der Waals surface area contributed by atoms with Gasteiger partial charge in [-0.25, -0.2) is 0 Å². The van der Waals surface area contributed by atoms with Crippen LogP contribution in [0.5, 0.6) is 0 Å². The van der Waals surface area contributed by atoms with Crippen LogP contribution in [0.4, 0.5) is 5.69 Å². The molecule has 2 atom stereocenters. The van der Waals surface area contributed by atoms with Gasteiger partial charge in [-0.1, -0.05) is 19.1 Å². The standard InChI is InChI=1S/C16H26N2O/c1-4-10-17-12-14-5-7-15(8-6-14)18(3)16-9-11-19-13(16)2/h5-8,13,16-17H,4,9-12H2,1-3H3. The lowest BCUT2D eigenvalue weighted by Gasteiger charge is -2.29. The highest BCUT2D eigenvalue weighted by atomic mass is 16.5. The Labute approximate surface area is 116 Å². The smallest absolute Gasteiger partial charge is 0.0750 e. The number of rotatable bonds is 6. The van der Waals surface area contributed by atoms with E-state index < -0.39 is 0 Å². The fourth-order valence-electron chi connectivity index (χ4n) is 2.68. The molecule has 0 radical (unpaired) electrons. The van der Waals surface area contributed by atoms with Gasteiger partial charge in [0.2, 0.25) is 0 Å². The zero-order chi connectivity index (χ0) is 13.7. The number of likely N-dealkylation sites (N-methyl/N-ethyl adjacent to an activating group) is 1. The second-order valence-electron chi connectivity index (χ2n) is 5.39. The number of hydrogen-bond acceptors (Lipinski definition) is 3. The maximum Gasteiger partial charge on any atom is 0.0750 e. The van der Waals surface area contributed by atoms with Crippen LogP contribution in [0.15, 0.2) is 24.3 Å². The van der Waals surface area contributed by atoms with Gasteiger partial charge in [-0.2, -0.15) is 0 Å². The minimum Gasteiger partial charge on any atom is -0.376 e. The first-order valence-electron chi connectivity index (χ1n) is 7.36.